The van der Waals surface area contributed by atoms with Crippen LogP contribution in [0.25, 0.3) is 0 Å². The summed E-state index contributed by atoms with van der Waals surface area (Å²) >= 11 is 6.07. The van der Waals surface area contributed by atoms with Gasteiger partial charge >= 0.3 is 0 Å². The minimum atomic E-state index is -3.97. The molecule has 0 heterocycles. The molecule has 22 heavy (non-hydrogen) atoms. The summed E-state index contributed by atoms with van der Waals surface area (Å²) in [6.07, 6.45) is -0.574. The highest BCUT2D eigenvalue weighted by molar-refractivity contribution is 7.89. The predicted molar refractivity (Wildman–Crippen MR) is 82.8 cm³/mol. The van der Waals surface area contributed by atoms with Crippen molar-refractivity contribution in [2.24, 2.45) is 0 Å². The molecule has 0 aliphatic carbocycles. The van der Waals surface area contributed by atoms with E-state index in [1.807, 2.05) is 0 Å². The largest absolute Gasteiger partial charge is 0.375 e. The fourth-order valence-electron chi connectivity index (χ4n) is 1.98. The summed E-state index contributed by atoms with van der Waals surface area (Å²) < 4.78 is 45.5. The topological polar surface area (TPSA) is 55.4 Å². The second-order valence-corrected chi connectivity index (χ2v) is 6.67. The van der Waals surface area contributed by atoms with Crippen LogP contribution in [0, 0.1) is 5.82 Å². The second kappa shape index (κ2) is 7.19. The molecule has 0 radical (unpaired) electrons. The Kier molecular flexibility index (Phi) is 5.52. The quantitative estimate of drug-likeness (QED) is 0.876. The van der Waals surface area contributed by atoms with Crippen LogP contribution in [0.15, 0.2) is 53.4 Å². The number of ether oxygens (including phenoxy) is 1. The molecule has 0 amide bonds. The Bertz CT molecular complexity index is 752. The van der Waals surface area contributed by atoms with Crippen molar-refractivity contribution in [1.29, 1.82) is 0 Å². The predicted octanol–water partition coefficient (Wildman–Crippen LogP) is 3.15. The molecule has 7 heteroatoms. The van der Waals surface area contributed by atoms with Crippen LogP contribution in [0.5, 0.6) is 0 Å². The summed E-state index contributed by atoms with van der Waals surface area (Å²) in [5, 5.41) is 0.472. The van der Waals surface area contributed by atoms with Gasteiger partial charge in [-0.05, 0) is 18.2 Å². The summed E-state index contributed by atoms with van der Waals surface area (Å²) in [5.74, 6) is -0.804. The third-order valence-electron chi connectivity index (χ3n) is 3.12. The van der Waals surface area contributed by atoms with Gasteiger partial charge in [-0.25, -0.2) is 17.5 Å². The van der Waals surface area contributed by atoms with Gasteiger partial charge in [0.05, 0.1) is 6.10 Å². The van der Waals surface area contributed by atoms with E-state index in [0.717, 1.165) is 6.07 Å². The molecule has 2 aromatic carbocycles. The SMILES string of the molecule is CO[C@@H](CNS(=O)(=O)c1ccccc1F)c1ccccc1Cl. The summed E-state index contributed by atoms with van der Waals surface area (Å²) in [5.41, 5.74) is 0.655. The first-order valence-corrected chi connectivity index (χ1v) is 8.33. The zero-order valence-electron chi connectivity index (χ0n) is 11.8. The number of rotatable bonds is 6. The minimum Gasteiger partial charge on any atom is -0.375 e. The van der Waals surface area contributed by atoms with Crippen molar-refractivity contribution < 1.29 is 17.5 Å². The fourth-order valence-corrected chi connectivity index (χ4v) is 3.35. The Morgan fingerprint density at radius 1 is 1.18 bits per heavy atom. The summed E-state index contributed by atoms with van der Waals surface area (Å²) in [6, 6.07) is 12.2. The first-order valence-electron chi connectivity index (χ1n) is 6.47. The number of nitrogens with one attached hydrogen (secondary N) is 1. The van der Waals surface area contributed by atoms with Crippen LogP contribution in [-0.2, 0) is 14.8 Å². The third kappa shape index (κ3) is 3.84. The van der Waals surface area contributed by atoms with Crippen molar-refractivity contribution >= 4 is 21.6 Å². The molecule has 0 aromatic heterocycles. The first-order chi connectivity index (χ1) is 10.5. The standard InChI is InChI=1S/C15H15ClFNO3S/c1-21-14(11-6-2-3-7-12(11)16)10-18-22(19,20)15-9-5-4-8-13(15)17/h2-9,14,18H,10H2,1H3/t14-/m0/s1. The van der Waals surface area contributed by atoms with Crippen molar-refractivity contribution in [3.05, 3.63) is 64.9 Å². The van der Waals surface area contributed by atoms with Crippen LogP contribution < -0.4 is 4.72 Å². The molecule has 0 fully saturated rings. The minimum absolute atomic E-state index is 0.0586. The van der Waals surface area contributed by atoms with Crippen LogP contribution in [0.4, 0.5) is 4.39 Å². The Balaban J connectivity index is 2.17. The molecule has 0 aliphatic rings. The zero-order chi connectivity index (χ0) is 16.2. The van der Waals surface area contributed by atoms with E-state index in [1.165, 1.54) is 25.3 Å². The highest BCUT2D eigenvalue weighted by Crippen LogP contribution is 2.25. The molecule has 0 saturated carbocycles. The van der Waals surface area contributed by atoms with Gasteiger partial charge in [0.25, 0.3) is 0 Å². The lowest BCUT2D eigenvalue weighted by Gasteiger charge is -2.18. The molecule has 0 aliphatic heterocycles. The molecule has 0 unspecified atom stereocenters. The third-order valence-corrected chi connectivity index (χ3v) is 4.92. The van der Waals surface area contributed by atoms with Crippen molar-refractivity contribution in [2.45, 2.75) is 11.0 Å². The van der Waals surface area contributed by atoms with Gasteiger partial charge in [0, 0.05) is 24.2 Å². The molecule has 0 saturated heterocycles. The molecule has 0 spiro atoms. The molecule has 0 bridgehead atoms. The Labute approximate surface area is 133 Å². The molecule has 2 rings (SSSR count). The summed E-state index contributed by atoms with van der Waals surface area (Å²) in [7, 11) is -2.52. The maximum atomic E-state index is 13.6. The van der Waals surface area contributed by atoms with Gasteiger partial charge in [-0.3, -0.25) is 0 Å². The molecule has 2 aromatic rings. The molecular weight excluding hydrogens is 329 g/mol. The smallest absolute Gasteiger partial charge is 0.243 e. The number of sulfonamides is 1. The number of halogens is 2. The highest BCUT2D eigenvalue weighted by Gasteiger charge is 2.21. The lowest BCUT2D eigenvalue weighted by atomic mass is 10.1. The van der Waals surface area contributed by atoms with Crippen LogP contribution >= 0.6 is 11.6 Å². The van der Waals surface area contributed by atoms with E-state index in [-0.39, 0.29) is 6.54 Å². The fraction of sp³-hybridized carbons (Fsp3) is 0.200. The molecule has 1 N–H and O–H groups in total. The normalized spacial score (nSPS) is 13.0. The second-order valence-electron chi connectivity index (χ2n) is 4.53. The van der Waals surface area contributed by atoms with Crippen LogP contribution in [0.3, 0.4) is 0 Å². The maximum absolute atomic E-state index is 13.6. The van der Waals surface area contributed by atoms with Crippen molar-refractivity contribution in [2.75, 3.05) is 13.7 Å². The van der Waals surface area contributed by atoms with E-state index < -0.39 is 26.8 Å². The van der Waals surface area contributed by atoms with Crippen molar-refractivity contribution in [1.82, 2.24) is 4.72 Å². The van der Waals surface area contributed by atoms with Gasteiger partial charge in [0.15, 0.2) is 0 Å². The van der Waals surface area contributed by atoms with Crippen molar-refractivity contribution in [3.63, 3.8) is 0 Å². The number of hydrogen-bond acceptors (Lipinski definition) is 3. The summed E-state index contributed by atoms with van der Waals surface area (Å²) in [6.45, 7) is -0.0586. The number of methoxy groups -OCH3 is 1. The van der Waals surface area contributed by atoms with E-state index in [9.17, 15) is 12.8 Å². The summed E-state index contributed by atoms with van der Waals surface area (Å²) in [4.78, 5) is -0.399. The van der Waals surface area contributed by atoms with Gasteiger partial charge in [-0.15, -0.1) is 0 Å². The molecule has 118 valence electrons. The van der Waals surface area contributed by atoms with Gasteiger partial charge in [0.1, 0.15) is 10.7 Å². The Morgan fingerprint density at radius 3 is 2.45 bits per heavy atom. The van der Waals surface area contributed by atoms with E-state index in [4.69, 9.17) is 16.3 Å². The molecule has 4 nitrogen and oxygen atoms in total. The van der Waals surface area contributed by atoms with Crippen LogP contribution in [-0.4, -0.2) is 22.1 Å². The number of benzene rings is 2. The van der Waals surface area contributed by atoms with Gasteiger partial charge in [0.2, 0.25) is 10.0 Å². The van der Waals surface area contributed by atoms with E-state index in [0.29, 0.717) is 10.6 Å². The first kappa shape index (κ1) is 16.9. The average molecular weight is 344 g/mol. The number of hydrogen-bond donors (Lipinski definition) is 1. The average Bonchev–Trinajstić information content (AvgIpc) is 2.49. The van der Waals surface area contributed by atoms with Gasteiger partial charge in [-0.1, -0.05) is 41.9 Å². The van der Waals surface area contributed by atoms with E-state index in [1.54, 1.807) is 24.3 Å². The highest BCUT2D eigenvalue weighted by atomic mass is 35.5. The van der Waals surface area contributed by atoms with Gasteiger partial charge < -0.3 is 4.74 Å². The molecular formula is C15H15ClFNO3S. The lowest BCUT2D eigenvalue weighted by Crippen LogP contribution is -2.30. The van der Waals surface area contributed by atoms with Crippen LogP contribution in [0.2, 0.25) is 5.02 Å². The van der Waals surface area contributed by atoms with E-state index in [2.05, 4.69) is 4.72 Å². The monoisotopic (exact) mass is 343 g/mol. The zero-order valence-corrected chi connectivity index (χ0v) is 13.4. The van der Waals surface area contributed by atoms with Crippen molar-refractivity contribution in [3.8, 4) is 0 Å². The lowest BCUT2D eigenvalue weighted by molar-refractivity contribution is 0.107. The van der Waals surface area contributed by atoms with E-state index >= 15 is 0 Å². The maximum Gasteiger partial charge on any atom is 0.243 e. The molecule has 1 atom stereocenters. The Hall–Kier alpha value is -1.47. The van der Waals surface area contributed by atoms with Gasteiger partial charge in [-0.2, -0.15) is 0 Å². The van der Waals surface area contributed by atoms with Crippen LogP contribution in [0.1, 0.15) is 11.7 Å². The Morgan fingerprint density at radius 2 is 1.82 bits per heavy atom.